The van der Waals surface area contributed by atoms with Crippen molar-refractivity contribution >= 4 is 105 Å². The van der Waals surface area contributed by atoms with Crippen molar-refractivity contribution < 1.29 is 76.0 Å². The summed E-state index contributed by atoms with van der Waals surface area (Å²) in [6.45, 7) is 12.6. The largest absolute Gasteiger partial charge is 0.446 e. The average Bonchev–Trinajstić information content (AvgIpc) is 4.48. The van der Waals surface area contributed by atoms with Gasteiger partial charge in [-0.2, -0.15) is 0 Å². The number of hydrogen-bond acceptors (Lipinski definition) is 20. The number of fused-ring (bicyclic) bond motifs is 6. The third kappa shape index (κ3) is 16.9. The molecule has 6 heterocycles. The van der Waals surface area contributed by atoms with E-state index in [4.69, 9.17) is 8.83 Å². The maximum absolute atomic E-state index is 14.2. The number of hydrogen-bond donors (Lipinski definition) is 10. The van der Waals surface area contributed by atoms with E-state index in [1.807, 2.05) is 0 Å². The fourth-order valence-electron chi connectivity index (χ4n) is 9.89. The van der Waals surface area contributed by atoms with Gasteiger partial charge in [0.15, 0.2) is 11.4 Å². The van der Waals surface area contributed by atoms with Gasteiger partial charge in [-0.15, -0.1) is 0 Å². The zero-order valence-corrected chi connectivity index (χ0v) is 49.2. The summed E-state index contributed by atoms with van der Waals surface area (Å²) in [4.78, 5) is 201. The first-order valence-corrected chi connectivity index (χ1v) is 29.9. The summed E-state index contributed by atoms with van der Waals surface area (Å²) in [6, 6.07) is -12.9. The van der Waals surface area contributed by atoms with E-state index < -0.39 is 144 Å². The molecule has 0 aromatic carbocycles. The number of amides is 12. The average molecular weight is 1210 g/mol. The van der Waals surface area contributed by atoms with Gasteiger partial charge in [0.25, 0.3) is 23.6 Å². The minimum absolute atomic E-state index is 0.0550. The minimum atomic E-state index is -1.49. The summed E-state index contributed by atoms with van der Waals surface area (Å²) >= 11 is 0. The van der Waals surface area contributed by atoms with Crippen LogP contribution in [0.25, 0.3) is 0 Å². The number of nitrogens with one attached hydrogen (secondary N) is 10. The lowest BCUT2D eigenvalue weighted by molar-refractivity contribution is -0.143. The van der Waals surface area contributed by atoms with Crippen molar-refractivity contribution in [2.24, 2.45) is 23.7 Å². The molecule has 2 saturated heterocycles. The zero-order chi connectivity index (χ0) is 61.7. The molecule has 6 rings (SSSR count). The van der Waals surface area contributed by atoms with Crippen LogP contribution in [0.1, 0.15) is 126 Å². The van der Waals surface area contributed by atoms with Crippen LogP contribution in [0, 0.1) is 23.7 Å². The Morgan fingerprint density at radius 2 is 0.905 bits per heavy atom. The second-order valence-electron chi connectivity index (χ2n) is 22.1. The van der Waals surface area contributed by atoms with Crippen molar-refractivity contribution in [3.8, 4) is 0 Å². The van der Waals surface area contributed by atoms with Gasteiger partial charge in [0, 0.05) is 37.7 Å². The zero-order valence-electron chi connectivity index (χ0n) is 47.6. The van der Waals surface area contributed by atoms with E-state index >= 15 is 0 Å². The van der Waals surface area contributed by atoms with E-state index in [9.17, 15) is 67.1 Å². The first kappa shape index (κ1) is 65.3. The van der Waals surface area contributed by atoms with Gasteiger partial charge in [0.2, 0.25) is 71.6 Å². The molecular formula is C52H72N14O16S2. The molecule has 0 aliphatic carbocycles. The Morgan fingerprint density at radius 3 is 1.25 bits per heavy atom. The molecule has 2 aromatic rings. The Morgan fingerprint density at radius 1 is 0.536 bits per heavy atom. The first-order chi connectivity index (χ1) is 39.8. The number of carbonyl (C=O) groups is 14. The molecule has 84 heavy (non-hydrogen) atoms. The maximum Gasteiger partial charge on any atom is 0.290 e. The van der Waals surface area contributed by atoms with Crippen LogP contribution >= 0.6 is 21.6 Å². The van der Waals surface area contributed by atoms with Crippen molar-refractivity contribution in [1.29, 1.82) is 0 Å². The summed E-state index contributed by atoms with van der Waals surface area (Å²) in [5.74, 6) is -12.6. The highest BCUT2D eigenvalue weighted by Crippen LogP contribution is 2.28. The maximum atomic E-state index is 14.2. The Hall–Kier alpha value is -7.90. The standard InChI is InChI=1S/C52H72N14O16S2/c1-23(2)9-29-39(69)47(77)57-27(7)49-63-33(17-81-49)43(73)61-35(41(71)53-13-31(55-21-67)51(79)65-15-25(5)11-37(65)45(75)59-29)19-83-84-20-36-42(72)54-14-32(56-22-68)52(80)66-16-26(6)12-38(66)46(76)60-30(10-24(3)4)40(70)48(78)58-28(8)50-64-34(18-82-50)44(74)62-36/h17-18,21-32,35-38H,9-16,19-20H2,1-8H3,(H,53,71)(H,54,72)(H,55,67)(H,56,68)(H,57,77)(H,58,78)(H,59,75)(H,60,76)(H,61,73)(H,62,74). The number of rotatable bonds is 13. The molecule has 32 heteroatoms. The summed E-state index contributed by atoms with van der Waals surface area (Å²) in [7, 11) is 1.84. The van der Waals surface area contributed by atoms with Crippen LogP contribution in [-0.2, 0) is 57.5 Å². The van der Waals surface area contributed by atoms with Crippen LogP contribution < -0.4 is 53.2 Å². The van der Waals surface area contributed by atoms with Gasteiger partial charge in [-0.25, -0.2) is 9.97 Å². The second-order valence-corrected chi connectivity index (χ2v) is 24.7. The number of Topliss-reactive ketones (excluding diaryl/α,β-unsaturated/α-hetero) is 2. The molecule has 2 aromatic heterocycles. The fraction of sp³-hybridized carbons (Fsp3) is 0.615. The van der Waals surface area contributed by atoms with Crippen LogP contribution in [0.4, 0.5) is 0 Å². The molecule has 2 fully saturated rings. The summed E-state index contributed by atoms with van der Waals surface area (Å²) in [5.41, 5.74) is -0.731. The van der Waals surface area contributed by atoms with Crippen LogP contribution in [0.2, 0.25) is 0 Å². The number of ketones is 2. The van der Waals surface area contributed by atoms with Crippen molar-refractivity contribution in [1.82, 2.24) is 72.9 Å². The molecule has 10 N–H and O–H groups in total. The van der Waals surface area contributed by atoms with E-state index in [0.717, 1.165) is 34.1 Å². The fourth-order valence-corrected chi connectivity index (χ4v) is 12.2. The predicted octanol–water partition coefficient (Wildman–Crippen LogP) is -2.54. The number of nitrogens with zero attached hydrogens (tertiary/aromatic N) is 4. The Kier molecular flexibility index (Phi) is 23.0. The lowest BCUT2D eigenvalue weighted by atomic mass is 9.98. The summed E-state index contributed by atoms with van der Waals surface area (Å²) in [6.07, 6.45) is 2.79. The van der Waals surface area contributed by atoms with Crippen LogP contribution in [-0.4, -0.2) is 189 Å². The lowest BCUT2D eigenvalue weighted by Crippen LogP contribution is -2.58. The molecule has 12 unspecified atom stereocenters. The highest BCUT2D eigenvalue weighted by Gasteiger charge is 2.44. The van der Waals surface area contributed by atoms with Crippen molar-refractivity contribution in [3.05, 3.63) is 35.7 Å². The van der Waals surface area contributed by atoms with Crippen LogP contribution in [0.3, 0.4) is 0 Å². The van der Waals surface area contributed by atoms with E-state index in [2.05, 4.69) is 63.1 Å². The molecule has 458 valence electrons. The van der Waals surface area contributed by atoms with Gasteiger partial charge in [0.1, 0.15) is 60.9 Å². The molecule has 4 bridgehead atoms. The monoisotopic (exact) mass is 1210 g/mol. The Bertz CT molecular complexity index is 2660. The smallest absolute Gasteiger partial charge is 0.290 e. The van der Waals surface area contributed by atoms with Gasteiger partial charge < -0.3 is 71.8 Å². The molecule has 0 spiro atoms. The molecule has 4 aliphatic rings. The van der Waals surface area contributed by atoms with Gasteiger partial charge in [-0.05, 0) is 63.2 Å². The van der Waals surface area contributed by atoms with Gasteiger partial charge in [0.05, 0.1) is 12.1 Å². The van der Waals surface area contributed by atoms with Crippen molar-refractivity contribution in [3.63, 3.8) is 0 Å². The molecule has 12 atom stereocenters. The first-order valence-electron chi connectivity index (χ1n) is 27.4. The normalized spacial score (nSPS) is 28.6. The SMILES string of the molecule is CC(C)CC1NC(=O)C2CC(C)CN2C(=O)C(NC=O)CNC(=O)C(CSSCC2NC(=O)c3coc(n3)C(C)NC(=O)C(=O)C(CC(C)C)NC(=O)C3CC(C)CN3C(=O)C(NC=O)CNC2=O)NC(=O)c2coc(n2)C(C)NC(=O)C1=O. The predicted molar refractivity (Wildman–Crippen MR) is 297 cm³/mol. The number of oxazole rings is 2. The third-order valence-corrected chi connectivity index (χ3v) is 16.6. The van der Waals surface area contributed by atoms with Crippen LogP contribution in [0.15, 0.2) is 21.4 Å². The van der Waals surface area contributed by atoms with Crippen molar-refractivity contribution in [2.45, 2.75) is 141 Å². The molecule has 0 saturated carbocycles. The van der Waals surface area contributed by atoms with Crippen LogP contribution in [0.5, 0.6) is 0 Å². The third-order valence-electron chi connectivity index (χ3n) is 14.2. The summed E-state index contributed by atoms with van der Waals surface area (Å²) < 4.78 is 11.0. The van der Waals surface area contributed by atoms with E-state index in [1.165, 1.54) is 23.6 Å². The number of carbonyl (C=O) groups excluding carboxylic acids is 14. The van der Waals surface area contributed by atoms with Gasteiger partial charge >= 0.3 is 0 Å². The van der Waals surface area contributed by atoms with E-state index in [0.29, 0.717) is 0 Å². The highest BCUT2D eigenvalue weighted by molar-refractivity contribution is 8.76. The van der Waals surface area contributed by atoms with E-state index in [1.54, 1.807) is 41.5 Å². The van der Waals surface area contributed by atoms with Gasteiger partial charge in [-0.3, -0.25) is 67.1 Å². The Labute approximate surface area is 490 Å². The van der Waals surface area contributed by atoms with E-state index in [-0.39, 0.29) is 110 Å². The number of aromatic nitrogens is 2. The summed E-state index contributed by atoms with van der Waals surface area (Å²) in [5, 5.41) is 25.2. The van der Waals surface area contributed by atoms with Crippen molar-refractivity contribution in [2.75, 3.05) is 37.7 Å². The molecule has 0 radical (unpaired) electrons. The molecule has 12 amide bonds. The minimum Gasteiger partial charge on any atom is -0.446 e. The lowest BCUT2D eigenvalue weighted by Gasteiger charge is -2.30. The quantitative estimate of drug-likeness (QED) is 0.0427. The molecule has 4 aliphatic heterocycles. The second kappa shape index (κ2) is 29.6. The molecule has 30 nitrogen and oxygen atoms in total. The molecular weight excluding hydrogens is 1140 g/mol. The Balaban J connectivity index is 1.25. The highest BCUT2D eigenvalue weighted by atomic mass is 33.1. The topological polar surface area (TPSA) is 418 Å². The van der Waals surface area contributed by atoms with Gasteiger partial charge in [-0.1, -0.05) is 63.1 Å².